The van der Waals surface area contributed by atoms with Gasteiger partial charge in [0.25, 0.3) is 0 Å². The van der Waals surface area contributed by atoms with Crippen molar-refractivity contribution in [1.82, 2.24) is 0 Å². The van der Waals surface area contributed by atoms with E-state index in [1.807, 2.05) is 0 Å². The second kappa shape index (κ2) is 8.54. The van der Waals surface area contributed by atoms with Gasteiger partial charge in [0.2, 0.25) is 0 Å². The molecule has 1 aromatic carbocycles. The summed E-state index contributed by atoms with van der Waals surface area (Å²) in [5, 5.41) is 0. The van der Waals surface area contributed by atoms with Crippen molar-refractivity contribution < 1.29 is 0 Å². The van der Waals surface area contributed by atoms with E-state index in [4.69, 9.17) is 5.73 Å². The van der Waals surface area contributed by atoms with Crippen LogP contribution in [-0.4, -0.2) is 0 Å². The minimum absolute atomic E-state index is 0.163. The lowest BCUT2D eigenvalue weighted by atomic mass is 9.90. The highest BCUT2D eigenvalue weighted by Gasteiger charge is 2.15. The first-order chi connectivity index (χ1) is 8.58. The SMILES string of the molecule is CCCCC(CC)CC(N)c1cc(Br)ccc1I. The van der Waals surface area contributed by atoms with Gasteiger partial charge in [0, 0.05) is 14.1 Å². The fourth-order valence-electron chi connectivity index (χ4n) is 2.27. The Morgan fingerprint density at radius 1 is 1.33 bits per heavy atom. The molecule has 0 heterocycles. The number of nitrogens with two attached hydrogens (primary N) is 1. The molecule has 2 N–H and O–H groups in total. The van der Waals surface area contributed by atoms with Crippen LogP contribution in [-0.2, 0) is 0 Å². The lowest BCUT2D eigenvalue weighted by Gasteiger charge is -2.21. The van der Waals surface area contributed by atoms with Gasteiger partial charge in [-0.2, -0.15) is 0 Å². The molecule has 1 aromatic rings. The predicted octanol–water partition coefficient (Wildman–Crippen LogP) is 5.66. The van der Waals surface area contributed by atoms with Gasteiger partial charge in [-0.25, -0.2) is 0 Å². The number of benzene rings is 1. The average Bonchev–Trinajstić information content (AvgIpc) is 2.37. The molecule has 2 atom stereocenters. The third kappa shape index (κ3) is 5.17. The summed E-state index contributed by atoms with van der Waals surface area (Å²) in [4.78, 5) is 0. The molecule has 0 aromatic heterocycles. The fraction of sp³-hybridized carbons (Fsp3) is 0.600. The Hall–Kier alpha value is 0.390. The highest BCUT2D eigenvalue weighted by molar-refractivity contribution is 14.1. The van der Waals surface area contributed by atoms with Gasteiger partial charge >= 0.3 is 0 Å². The van der Waals surface area contributed by atoms with Gasteiger partial charge in [-0.05, 0) is 58.7 Å². The zero-order valence-electron chi connectivity index (χ0n) is 11.3. The van der Waals surface area contributed by atoms with Crippen molar-refractivity contribution in [2.45, 2.75) is 52.0 Å². The number of unbranched alkanes of at least 4 members (excludes halogenated alkanes) is 1. The summed E-state index contributed by atoms with van der Waals surface area (Å²) in [6, 6.07) is 6.54. The lowest BCUT2D eigenvalue weighted by Crippen LogP contribution is -2.16. The van der Waals surface area contributed by atoms with Crippen molar-refractivity contribution in [2.24, 2.45) is 11.7 Å². The number of hydrogen-bond acceptors (Lipinski definition) is 1. The molecule has 0 saturated carbocycles. The Labute approximate surface area is 133 Å². The van der Waals surface area contributed by atoms with Crippen LogP contribution in [0, 0.1) is 9.49 Å². The number of halogens is 2. The maximum Gasteiger partial charge on any atom is 0.0308 e. The molecule has 0 bridgehead atoms. The first kappa shape index (κ1) is 16.4. The maximum absolute atomic E-state index is 6.39. The molecule has 1 nitrogen and oxygen atoms in total. The van der Waals surface area contributed by atoms with Gasteiger partial charge in [-0.1, -0.05) is 55.5 Å². The summed E-state index contributed by atoms with van der Waals surface area (Å²) >= 11 is 5.91. The van der Waals surface area contributed by atoms with E-state index in [1.165, 1.54) is 34.8 Å². The normalized spacial score (nSPS) is 14.5. The van der Waals surface area contributed by atoms with E-state index in [0.29, 0.717) is 0 Å². The summed E-state index contributed by atoms with van der Waals surface area (Å²) in [6.07, 6.45) is 6.24. The van der Waals surface area contributed by atoms with Crippen LogP contribution < -0.4 is 5.73 Å². The summed E-state index contributed by atoms with van der Waals surface area (Å²) in [5.41, 5.74) is 7.66. The summed E-state index contributed by atoms with van der Waals surface area (Å²) in [7, 11) is 0. The molecule has 1 rings (SSSR count). The van der Waals surface area contributed by atoms with Crippen LogP contribution >= 0.6 is 38.5 Å². The van der Waals surface area contributed by atoms with E-state index in [-0.39, 0.29) is 6.04 Å². The molecule has 0 fully saturated rings. The highest BCUT2D eigenvalue weighted by Crippen LogP contribution is 2.29. The molecule has 0 aliphatic carbocycles. The first-order valence-corrected chi connectivity index (χ1v) is 8.66. The molecule has 0 spiro atoms. The van der Waals surface area contributed by atoms with Crippen molar-refractivity contribution in [1.29, 1.82) is 0 Å². The van der Waals surface area contributed by atoms with E-state index in [1.54, 1.807) is 0 Å². The molecule has 3 heteroatoms. The highest BCUT2D eigenvalue weighted by atomic mass is 127. The molecular weight excluding hydrogens is 401 g/mol. The molecule has 0 aliphatic heterocycles. The van der Waals surface area contributed by atoms with Crippen molar-refractivity contribution in [3.8, 4) is 0 Å². The molecule has 102 valence electrons. The van der Waals surface area contributed by atoms with Crippen LogP contribution in [0.3, 0.4) is 0 Å². The zero-order chi connectivity index (χ0) is 13.5. The summed E-state index contributed by atoms with van der Waals surface area (Å²) < 4.78 is 2.39. The topological polar surface area (TPSA) is 26.0 Å². The Bertz CT molecular complexity index is 368. The third-order valence-electron chi connectivity index (χ3n) is 3.49. The molecule has 18 heavy (non-hydrogen) atoms. The predicted molar refractivity (Wildman–Crippen MR) is 91.7 cm³/mol. The first-order valence-electron chi connectivity index (χ1n) is 6.79. The van der Waals surface area contributed by atoms with Crippen molar-refractivity contribution in [3.63, 3.8) is 0 Å². The van der Waals surface area contributed by atoms with E-state index in [9.17, 15) is 0 Å². The van der Waals surface area contributed by atoms with Crippen LogP contribution in [0.25, 0.3) is 0 Å². The van der Waals surface area contributed by atoms with Crippen LogP contribution in [0.1, 0.15) is 57.6 Å². The molecule has 0 aliphatic rings. The van der Waals surface area contributed by atoms with Gasteiger partial charge in [-0.3, -0.25) is 0 Å². The summed E-state index contributed by atoms with van der Waals surface area (Å²) in [6.45, 7) is 4.53. The number of rotatable bonds is 7. The Morgan fingerprint density at radius 2 is 2.06 bits per heavy atom. The zero-order valence-corrected chi connectivity index (χ0v) is 15.0. The summed E-state index contributed by atoms with van der Waals surface area (Å²) in [5.74, 6) is 0.759. The molecule has 0 saturated heterocycles. The molecule has 0 radical (unpaired) electrons. The minimum Gasteiger partial charge on any atom is -0.324 e. The molecule has 0 amide bonds. The molecule has 2 unspecified atom stereocenters. The average molecular weight is 424 g/mol. The van der Waals surface area contributed by atoms with E-state index >= 15 is 0 Å². The van der Waals surface area contributed by atoms with Crippen molar-refractivity contribution in [2.75, 3.05) is 0 Å². The van der Waals surface area contributed by atoms with Crippen LogP contribution in [0.15, 0.2) is 22.7 Å². The van der Waals surface area contributed by atoms with Crippen LogP contribution in [0.5, 0.6) is 0 Å². The second-order valence-electron chi connectivity index (χ2n) is 4.92. The van der Waals surface area contributed by atoms with Crippen LogP contribution in [0.2, 0.25) is 0 Å². The van der Waals surface area contributed by atoms with Gasteiger partial charge in [0.15, 0.2) is 0 Å². The van der Waals surface area contributed by atoms with Crippen molar-refractivity contribution >= 4 is 38.5 Å². The second-order valence-corrected chi connectivity index (χ2v) is 7.00. The smallest absolute Gasteiger partial charge is 0.0308 e. The van der Waals surface area contributed by atoms with Gasteiger partial charge in [0.1, 0.15) is 0 Å². The van der Waals surface area contributed by atoms with Crippen molar-refractivity contribution in [3.05, 3.63) is 31.8 Å². The lowest BCUT2D eigenvalue weighted by molar-refractivity contribution is 0.388. The van der Waals surface area contributed by atoms with E-state index < -0.39 is 0 Å². The van der Waals surface area contributed by atoms with Gasteiger partial charge in [-0.15, -0.1) is 0 Å². The van der Waals surface area contributed by atoms with Gasteiger partial charge < -0.3 is 5.73 Å². The number of hydrogen-bond donors (Lipinski definition) is 1. The quantitative estimate of drug-likeness (QED) is 0.562. The Balaban J connectivity index is 2.67. The maximum atomic E-state index is 6.39. The minimum atomic E-state index is 0.163. The standard InChI is InChI=1S/C15H23BrIN/c1-3-5-6-11(4-2)9-15(18)13-10-12(16)7-8-14(13)17/h7-8,10-11,15H,3-6,9,18H2,1-2H3. The largest absolute Gasteiger partial charge is 0.324 e. The third-order valence-corrected chi connectivity index (χ3v) is 4.96. The fourth-order valence-corrected chi connectivity index (χ4v) is 3.38. The monoisotopic (exact) mass is 423 g/mol. The van der Waals surface area contributed by atoms with Crippen LogP contribution in [0.4, 0.5) is 0 Å². The van der Waals surface area contributed by atoms with Gasteiger partial charge in [0.05, 0.1) is 0 Å². The Morgan fingerprint density at radius 3 is 2.67 bits per heavy atom. The molecular formula is C15H23BrIN. The Kier molecular flexibility index (Phi) is 7.80. The van der Waals surface area contributed by atoms with E-state index in [2.05, 4.69) is 70.6 Å². The van der Waals surface area contributed by atoms with E-state index in [0.717, 1.165) is 16.8 Å².